The van der Waals surface area contributed by atoms with Crippen LogP contribution in [0.2, 0.25) is 0 Å². The Balaban J connectivity index is 1.76. The van der Waals surface area contributed by atoms with E-state index in [0.29, 0.717) is 0 Å². The number of unbranched alkanes of at least 4 members (excludes halogenated alkanes) is 1. The maximum absolute atomic E-state index is 14.8. The Morgan fingerprint density at radius 3 is 2.15 bits per heavy atom. The zero-order chi connectivity index (χ0) is 19.0. The molecule has 3 aromatic rings. The number of hydrogen-bond acceptors (Lipinski definition) is 0. The Morgan fingerprint density at radius 1 is 0.741 bits per heavy atom. The number of rotatable bonds is 4. The smallest absolute Gasteiger partial charge is 0.131 e. The molecule has 1 aliphatic rings. The molecule has 0 N–H and O–H groups in total. The van der Waals surface area contributed by atoms with Gasteiger partial charge in [0.2, 0.25) is 0 Å². The molecule has 3 heteroatoms. The zero-order valence-electron chi connectivity index (χ0n) is 15.3. The van der Waals surface area contributed by atoms with E-state index in [1.165, 1.54) is 29.3 Å². The van der Waals surface area contributed by atoms with Crippen LogP contribution < -0.4 is 0 Å². The standard InChI is InChI=1S/C24H21F3/c1-2-3-4-15-5-8-21-16(9-15)6-7-17-12-23(24(27)14-22(17)21)18-10-19(25)13-20(26)11-18/h5,8-14H,2-4,6-7H2,1H3. The second-order valence-electron chi connectivity index (χ2n) is 7.24. The van der Waals surface area contributed by atoms with Crippen LogP contribution in [-0.2, 0) is 19.3 Å². The Bertz CT molecular complexity index is 984. The summed E-state index contributed by atoms with van der Waals surface area (Å²) in [7, 11) is 0. The molecule has 0 unspecified atom stereocenters. The molecular weight excluding hydrogens is 345 g/mol. The Morgan fingerprint density at radius 2 is 1.44 bits per heavy atom. The van der Waals surface area contributed by atoms with Crippen molar-refractivity contribution in [3.8, 4) is 22.3 Å². The number of aryl methyl sites for hydroxylation is 3. The highest BCUT2D eigenvalue weighted by atomic mass is 19.1. The van der Waals surface area contributed by atoms with Gasteiger partial charge < -0.3 is 0 Å². The molecule has 0 saturated heterocycles. The van der Waals surface area contributed by atoms with E-state index in [1.54, 1.807) is 6.07 Å². The molecule has 0 aromatic heterocycles. The van der Waals surface area contributed by atoms with Crippen molar-refractivity contribution >= 4 is 0 Å². The summed E-state index contributed by atoms with van der Waals surface area (Å²) in [5.41, 5.74) is 6.02. The summed E-state index contributed by atoms with van der Waals surface area (Å²) in [6, 6.07) is 12.8. The van der Waals surface area contributed by atoms with Crippen LogP contribution in [0.25, 0.3) is 22.3 Å². The molecule has 4 rings (SSSR count). The molecule has 3 aromatic carbocycles. The molecule has 0 spiro atoms. The fourth-order valence-corrected chi connectivity index (χ4v) is 3.93. The second-order valence-corrected chi connectivity index (χ2v) is 7.24. The summed E-state index contributed by atoms with van der Waals surface area (Å²) in [5, 5.41) is 0. The fourth-order valence-electron chi connectivity index (χ4n) is 3.93. The van der Waals surface area contributed by atoms with Gasteiger partial charge in [0, 0.05) is 11.6 Å². The Hall–Kier alpha value is -2.55. The van der Waals surface area contributed by atoms with Crippen LogP contribution in [0, 0.1) is 17.5 Å². The van der Waals surface area contributed by atoms with Gasteiger partial charge in [-0.25, -0.2) is 13.2 Å². The number of halogens is 3. The average Bonchev–Trinajstić information content (AvgIpc) is 2.64. The normalized spacial score (nSPS) is 12.6. The molecule has 27 heavy (non-hydrogen) atoms. The first-order valence-corrected chi connectivity index (χ1v) is 9.46. The van der Waals surface area contributed by atoms with Crippen LogP contribution in [0.5, 0.6) is 0 Å². The van der Waals surface area contributed by atoms with Crippen molar-refractivity contribution in [3.05, 3.63) is 82.7 Å². The molecule has 0 amide bonds. The molecule has 0 atom stereocenters. The van der Waals surface area contributed by atoms with E-state index in [1.807, 2.05) is 0 Å². The summed E-state index contributed by atoms with van der Waals surface area (Å²) in [6.07, 6.45) is 5.08. The fraction of sp³-hybridized carbons (Fsp3) is 0.250. The van der Waals surface area contributed by atoms with Crippen molar-refractivity contribution in [1.29, 1.82) is 0 Å². The molecule has 0 nitrogen and oxygen atoms in total. The van der Waals surface area contributed by atoms with Gasteiger partial charge in [0.1, 0.15) is 17.5 Å². The SMILES string of the molecule is CCCCc1ccc2c(c1)CCc1cc(-c3cc(F)cc(F)c3)c(F)cc1-2. The van der Waals surface area contributed by atoms with Gasteiger partial charge >= 0.3 is 0 Å². The third-order valence-corrected chi connectivity index (χ3v) is 5.31. The van der Waals surface area contributed by atoms with Gasteiger partial charge in [0.15, 0.2) is 0 Å². The summed E-state index contributed by atoms with van der Waals surface area (Å²) in [5.74, 6) is -1.86. The van der Waals surface area contributed by atoms with Gasteiger partial charge in [-0.2, -0.15) is 0 Å². The number of hydrogen-bond donors (Lipinski definition) is 0. The lowest BCUT2D eigenvalue weighted by Gasteiger charge is -2.22. The zero-order valence-corrected chi connectivity index (χ0v) is 15.3. The van der Waals surface area contributed by atoms with E-state index in [4.69, 9.17) is 0 Å². The van der Waals surface area contributed by atoms with Crippen molar-refractivity contribution in [3.63, 3.8) is 0 Å². The first kappa shape index (κ1) is 17.8. The van der Waals surface area contributed by atoms with Gasteiger partial charge in [-0.15, -0.1) is 0 Å². The van der Waals surface area contributed by atoms with Crippen molar-refractivity contribution in [2.45, 2.75) is 39.0 Å². The van der Waals surface area contributed by atoms with Crippen molar-refractivity contribution in [1.82, 2.24) is 0 Å². The summed E-state index contributed by atoms with van der Waals surface area (Å²) in [6.45, 7) is 2.18. The third kappa shape index (κ3) is 3.51. The second kappa shape index (κ2) is 7.22. The number of benzene rings is 3. The van der Waals surface area contributed by atoms with Crippen LogP contribution in [0.3, 0.4) is 0 Å². The molecule has 1 aliphatic carbocycles. The maximum atomic E-state index is 14.8. The molecule has 0 saturated carbocycles. The van der Waals surface area contributed by atoms with Gasteiger partial charge in [-0.3, -0.25) is 0 Å². The highest BCUT2D eigenvalue weighted by molar-refractivity contribution is 5.78. The highest BCUT2D eigenvalue weighted by Gasteiger charge is 2.20. The molecule has 0 bridgehead atoms. The van der Waals surface area contributed by atoms with Crippen molar-refractivity contribution in [2.75, 3.05) is 0 Å². The van der Waals surface area contributed by atoms with Crippen LogP contribution >= 0.6 is 0 Å². The lowest BCUT2D eigenvalue weighted by molar-refractivity contribution is 0.583. The van der Waals surface area contributed by atoms with Crippen molar-refractivity contribution in [2.24, 2.45) is 0 Å². The van der Waals surface area contributed by atoms with Crippen molar-refractivity contribution < 1.29 is 13.2 Å². The van der Waals surface area contributed by atoms with E-state index in [0.717, 1.165) is 54.9 Å². The third-order valence-electron chi connectivity index (χ3n) is 5.31. The Kier molecular flexibility index (Phi) is 4.77. The number of fused-ring (bicyclic) bond motifs is 3. The predicted octanol–water partition coefficient (Wildman–Crippen LogP) is 6.88. The van der Waals surface area contributed by atoms with E-state index >= 15 is 0 Å². The van der Waals surface area contributed by atoms with Gasteiger partial charge in [-0.05, 0) is 83.3 Å². The molecule has 0 aliphatic heterocycles. The minimum absolute atomic E-state index is 0.230. The quantitative estimate of drug-likeness (QED) is 0.472. The topological polar surface area (TPSA) is 0 Å². The minimum atomic E-state index is -0.702. The first-order valence-electron chi connectivity index (χ1n) is 9.46. The van der Waals surface area contributed by atoms with Gasteiger partial charge in [0.05, 0.1) is 0 Å². The van der Waals surface area contributed by atoms with Crippen LogP contribution in [0.1, 0.15) is 36.5 Å². The largest absolute Gasteiger partial charge is 0.207 e. The summed E-state index contributed by atoms with van der Waals surface area (Å²) >= 11 is 0. The van der Waals surface area contributed by atoms with Gasteiger partial charge in [-0.1, -0.05) is 31.5 Å². The first-order chi connectivity index (χ1) is 13.0. The lowest BCUT2D eigenvalue weighted by atomic mass is 9.83. The van der Waals surface area contributed by atoms with E-state index in [9.17, 15) is 13.2 Å². The maximum Gasteiger partial charge on any atom is 0.131 e. The average molecular weight is 366 g/mol. The molecule has 0 heterocycles. The molecule has 0 fully saturated rings. The lowest BCUT2D eigenvalue weighted by Crippen LogP contribution is -2.06. The monoisotopic (exact) mass is 366 g/mol. The molecular formula is C24H21F3. The molecule has 138 valence electrons. The van der Waals surface area contributed by atoms with Crippen LogP contribution in [0.4, 0.5) is 13.2 Å². The van der Waals surface area contributed by atoms with Crippen LogP contribution in [-0.4, -0.2) is 0 Å². The minimum Gasteiger partial charge on any atom is -0.207 e. The van der Waals surface area contributed by atoms with E-state index < -0.39 is 17.5 Å². The van der Waals surface area contributed by atoms with E-state index in [2.05, 4.69) is 25.1 Å². The summed E-state index contributed by atoms with van der Waals surface area (Å²) in [4.78, 5) is 0. The van der Waals surface area contributed by atoms with Gasteiger partial charge in [0.25, 0.3) is 0 Å². The van der Waals surface area contributed by atoms with E-state index in [-0.39, 0.29) is 11.1 Å². The predicted molar refractivity (Wildman–Crippen MR) is 103 cm³/mol. The van der Waals surface area contributed by atoms with Crippen LogP contribution in [0.15, 0.2) is 48.5 Å². The highest BCUT2D eigenvalue weighted by Crippen LogP contribution is 2.38. The molecule has 0 radical (unpaired) electrons. The summed E-state index contributed by atoms with van der Waals surface area (Å²) < 4.78 is 41.9. The Labute approximate surface area is 157 Å².